The fraction of sp³-hybridized carbons (Fsp3) is 0.474. The molecule has 2 aliphatic rings. The van der Waals surface area contributed by atoms with Crippen LogP contribution >= 0.6 is 0 Å². The topological polar surface area (TPSA) is 140 Å². The minimum Gasteiger partial charge on any atom is -0.481 e. The van der Waals surface area contributed by atoms with Gasteiger partial charge in [-0.3, -0.25) is 13.2 Å². The number of hydrogen-bond acceptors (Lipinski definition) is 9. The SMILES string of the molecule is CCN(CC)c1ccc2c(c1)OC(C(C)(C)C)=C/C2=C\C=C\C1=[N+](CCCS(=O)(=O)OC)c2ccc(S(=O)(=O)OC)cc2C1(C)CCCC(=O)O. The fourth-order valence-electron chi connectivity index (χ4n) is 6.60. The van der Waals surface area contributed by atoms with Crippen LogP contribution in [0.15, 0.2) is 71.4 Å². The molecule has 278 valence electrons. The zero-order valence-corrected chi connectivity index (χ0v) is 32.5. The van der Waals surface area contributed by atoms with Crippen molar-refractivity contribution in [3.63, 3.8) is 0 Å². The molecule has 13 heteroatoms. The molecule has 0 radical (unpaired) electrons. The number of allylic oxidation sites excluding steroid dienone is 6. The summed E-state index contributed by atoms with van der Waals surface area (Å²) in [4.78, 5) is 13.8. The van der Waals surface area contributed by atoms with Crippen molar-refractivity contribution in [1.29, 1.82) is 0 Å². The van der Waals surface area contributed by atoms with Gasteiger partial charge in [-0.25, -0.2) is 0 Å². The van der Waals surface area contributed by atoms with Crippen LogP contribution in [0, 0.1) is 5.41 Å². The lowest BCUT2D eigenvalue weighted by atomic mass is 9.75. The van der Waals surface area contributed by atoms with Crippen LogP contribution in [0.25, 0.3) is 5.57 Å². The number of aliphatic carboxylic acids is 1. The molecule has 0 aliphatic carbocycles. The Hall–Kier alpha value is -3.78. The van der Waals surface area contributed by atoms with Crippen molar-refractivity contribution in [3.8, 4) is 5.75 Å². The lowest BCUT2D eigenvalue weighted by molar-refractivity contribution is -0.437. The second-order valence-electron chi connectivity index (χ2n) is 13.9. The van der Waals surface area contributed by atoms with Crippen molar-refractivity contribution < 1.29 is 44.4 Å². The first-order chi connectivity index (χ1) is 23.9. The van der Waals surface area contributed by atoms with Gasteiger partial charge >= 0.3 is 5.97 Å². The van der Waals surface area contributed by atoms with Gasteiger partial charge in [0.25, 0.3) is 20.2 Å². The monoisotopic (exact) mass is 743 g/mol. The van der Waals surface area contributed by atoms with Crippen molar-refractivity contribution >= 4 is 48.9 Å². The van der Waals surface area contributed by atoms with Crippen LogP contribution in [-0.2, 0) is 38.8 Å². The maximum Gasteiger partial charge on any atom is 0.303 e. The number of fused-ring (bicyclic) bond motifs is 2. The summed E-state index contributed by atoms with van der Waals surface area (Å²) in [5, 5.41) is 9.48. The van der Waals surface area contributed by atoms with E-state index >= 15 is 0 Å². The molecule has 2 heterocycles. The van der Waals surface area contributed by atoms with E-state index in [0.29, 0.717) is 24.1 Å². The number of carbonyl (C=O) groups is 1. The number of anilines is 1. The summed E-state index contributed by atoms with van der Waals surface area (Å²) in [5.74, 6) is 0.437. The molecule has 2 aromatic rings. The number of hydrogen-bond donors (Lipinski definition) is 1. The van der Waals surface area contributed by atoms with Crippen LogP contribution in [-0.4, -0.2) is 77.8 Å². The first kappa shape index (κ1) is 40.0. The molecule has 0 spiro atoms. The first-order valence-electron chi connectivity index (χ1n) is 17.2. The summed E-state index contributed by atoms with van der Waals surface area (Å²) >= 11 is 0. The van der Waals surface area contributed by atoms with Crippen molar-refractivity contribution in [1.82, 2.24) is 0 Å². The van der Waals surface area contributed by atoms with E-state index in [-0.39, 0.29) is 35.4 Å². The van der Waals surface area contributed by atoms with Crippen LogP contribution in [0.3, 0.4) is 0 Å². The van der Waals surface area contributed by atoms with Crippen LogP contribution < -0.4 is 9.64 Å². The second kappa shape index (κ2) is 15.9. The third-order valence-corrected chi connectivity index (χ3v) is 12.1. The van der Waals surface area contributed by atoms with E-state index in [9.17, 15) is 26.7 Å². The van der Waals surface area contributed by atoms with Gasteiger partial charge in [-0.1, -0.05) is 32.9 Å². The van der Waals surface area contributed by atoms with E-state index in [1.54, 1.807) is 12.1 Å². The molecule has 0 saturated carbocycles. The molecule has 0 fully saturated rings. The summed E-state index contributed by atoms with van der Waals surface area (Å²) in [6.45, 7) is 14.5. The van der Waals surface area contributed by atoms with Gasteiger partial charge in [0.15, 0.2) is 5.71 Å². The van der Waals surface area contributed by atoms with Crippen LogP contribution in [0.4, 0.5) is 11.4 Å². The van der Waals surface area contributed by atoms with E-state index in [1.165, 1.54) is 6.07 Å². The second-order valence-corrected chi connectivity index (χ2v) is 17.5. The Balaban J connectivity index is 1.89. The van der Waals surface area contributed by atoms with Crippen molar-refractivity contribution in [2.45, 2.75) is 77.5 Å². The van der Waals surface area contributed by atoms with Crippen molar-refractivity contribution in [2.24, 2.45) is 5.41 Å². The number of carboxylic acid groups (broad SMARTS) is 1. The zero-order valence-electron chi connectivity index (χ0n) is 30.9. The minimum absolute atomic E-state index is 0.0230. The Labute approximate surface area is 303 Å². The molecular weight excluding hydrogens is 693 g/mol. The summed E-state index contributed by atoms with van der Waals surface area (Å²) < 4.78 is 68.0. The van der Waals surface area contributed by atoms with Gasteiger partial charge in [0.1, 0.15) is 18.1 Å². The highest BCUT2D eigenvalue weighted by Crippen LogP contribution is 2.45. The molecule has 11 nitrogen and oxygen atoms in total. The molecule has 0 saturated heterocycles. The average molecular weight is 744 g/mol. The Bertz CT molecular complexity index is 1980. The molecular formula is C38H51N2O9S2+. The number of benzene rings is 2. The predicted molar refractivity (Wildman–Crippen MR) is 200 cm³/mol. The van der Waals surface area contributed by atoms with Gasteiger partial charge in [-0.15, -0.1) is 0 Å². The molecule has 0 amide bonds. The molecule has 0 bridgehead atoms. The molecule has 1 unspecified atom stereocenters. The smallest absolute Gasteiger partial charge is 0.303 e. The summed E-state index contributed by atoms with van der Waals surface area (Å²) in [6.07, 6.45) is 8.81. The highest BCUT2D eigenvalue weighted by atomic mass is 32.2. The van der Waals surface area contributed by atoms with Crippen LogP contribution in [0.1, 0.15) is 78.4 Å². The number of ether oxygens (including phenoxy) is 1. The van der Waals surface area contributed by atoms with E-state index in [0.717, 1.165) is 61.4 Å². The standard InChI is InChI=1S/C38H50N2O9S2/c1-9-39(10-2)28-17-19-30-27(24-35(37(3,4)5)49-33(30)25-28)14-11-15-34-38(6,21-12-16-36(41)42)31-26-29(51(45,46)48-8)18-20-32(31)40(34)22-13-23-50(43,44)47-7/h11,14-15,17-20,24-26H,9-10,12-13,16,21-23H2,1-8H3/p+1. The zero-order chi connectivity index (χ0) is 37.8. The molecule has 1 N–H and O–H groups in total. The average Bonchev–Trinajstić information content (AvgIpc) is 3.30. The van der Waals surface area contributed by atoms with E-state index in [4.69, 9.17) is 8.92 Å². The lowest BCUT2D eigenvalue weighted by Crippen LogP contribution is -2.32. The predicted octanol–water partition coefficient (Wildman–Crippen LogP) is 6.81. The molecule has 1 atom stereocenters. The van der Waals surface area contributed by atoms with Gasteiger partial charge < -0.3 is 14.7 Å². The fourth-order valence-corrected chi connectivity index (χ4v) is 7.94. The third kappa shape index (κ3) is 9.00. The van der Waals surface area contributed by atoms with Gasteiger partial charge in [0.05, 0.1) is 30.3 Å². The highest BCUT2D eigenvalue weighted by molar-refractivity contribution is 7.87. The largest absolute Gasteiger partial charge is 0.481 e. The third-order valence-electron chi connectivity index (χ3n) is 9.50. The number of carboxylic acids is 1. The maximum absolute atomic E-state index is 12.8. The molecule has 0 aromatic heterocycles. The number of nitrogens with zero attached hydrogens (tertiary/aromatic N) is 2. The van der Waals surface area contributed by atoms with E-state index in [1.807, 2.05) is 35.8 Å². The van der Waals surface area contributed by atoms with Gasteiger partial charge in [0.2, 0.25) is 5.69 Å². The van der Waals surface area contributed by atoms with Crippen LogP contribution in [0.5, 0.6) is 5.75 Å². The molecule has 2 aliphatic heterocycles. The summed E-state index contributed by atoms with van der Waals surface area (Å²) in [5.41, 5.74) is 4.03. The minimum atomic E-state index is -4.03. The maximum atomic E-state index is 12.8. The lowest BCUT2D eigenvalue weighted by Gasteiger charge is -2.30. The molecule has 4 rings (SSSR count). The van der Waals surface area contributed by atoms with Gasteiger partial charge in [-0.2, -0.15) is 21.4 Å². The Morgan fingerprint density at radius 2 is 1.73 bits per heavy atom. The van der Waals surface area contributed by atoms with Crippen molar-refractivity contribution in [2.75, 3.05) is 44.5 Å². The van der Waals surface area contributed by atoms with E-state index < -0.39 is 31.6 Å². The Kier molecular flexibility index (Phi) is 12.4. The number of rotatable bonds is 16. The summed E-state index contributed by atoms with van der Waals surface area (Å²) in [6, 6.07) is 11.0. The Morgan fingerprint density at radius 3 is 2.33 bits per heavy atom. The highest BCUT2D eigenvalue weighted by Gasteiger charge is 2.48. The normalized spacial score (nSPS) is 18.5. The van der Waals surface area contributed by atoms with Crippen LogP contribution in [0.2, 0.25) is 0 Å². The van der Waals surface area contributed by atoms with E-state index in [2.05, 4.69) is 61.9 Å². The molecule has 51 heavy (non-hydrogen) atoms. The molecule has 2 aromatic carbocycles. The summed E-state index contributed by atoms with van der Waals surface area (Å²) in [7, 11) is -5.53. The quantitative estimate of drug-likeness (QED) is 0.144. The Morgan fingerprint density at radius 1 is 1.02 bits per heavy atom. The van der Waals surface area contributed by atoms with Gasteiger partial charge in [0, 0.05) is 66.4 Å². The first-order valence-corrected chi connectivity index (χ1v) is 20.2. The van der Waals surface area contributed by atoms with Gasteiger partial charge in [-0.05, 0) is 69.5 Å². The van der Waals surface area contributed by atoms with Crippen molar-refractivity contribution in [3.05, 3.63) is 77.6 Å².